The minimum absolute atomic E-state index is 0.163. The number of nitrogens with zero attached hydrogens (tertiary/aromatic N) is 1. The van der Waals surface area contributed by atoms with Crippen LogP contribution in [-0.2, 0) is 22.4 Å². The predicted octanol–water partition coefficient (Wildman–Crippen LogP) is 1.31. The third-order valence-corrected chi connectivity index (χ3v) is 5.69. The van der Waals surface area contributed by atoms with Crippen molar-refractivity contribution in [2.45, 2.75) is 52.1 Å². The van der Waals surface area contributed by atoms with Crippen molar-refractivity contribution in [2.24, 2.45) is 17.2 Å². The fourth-order valence-electron chi connectivity index (χ4n) is 3.75. The molecule has 2 aromatic rings. The maximum atomic E-state index is 13.1. The van der Waals surface area contributed by atoms with Gasteiger partial charge in [0.1, 0.15) is 11.8 Å². The number of rotatable bonds is 10. The molecule has 8 nitrogen and oxygen atoms in total. The predicted molar refractivity (Wildman–Crippen MR) is 123 cm³/mol. The van der Waals surface area contributed by atoms with Gasteiger partial charge in [-0.3, -0.25) is 14.4 Å². The highest BCUT2D eigenvalue weighted by Gasteiger charge is 2.28. The van der Waals surface area contributed by atoms with Gasteiger partial charge in [0.25, 0.3) is 0 Å². The zero-order valence-electron chi connectivity index (χ0n) is 18.8. The van der Waals surface area contributed by atoms with Gasteiger partial charge in [0, 0.05) is 12.1 Å². The van der Waals surface area contributed by atoms with E-state index in [1.54, 1.807) is 31.2 Å². The molecule has 0 aromatic heterocycles. The Kier molecular flexibility index (Phi) is 8.37. The zero-order valence-corrected chi connectivity index (χ0v) is 18.8. The van der Waals surface area contributed by atoms with Crippen LogP contribution < -0.4 is 17.2 Å². The summed E-state index contributed by atoms with van der Waals surface area (Å²) < 4.78 is 0. The first-order valence-electron chi connectivity index (χ1n) is 10.5. The van der Waals surface area contributed by atoms with E-state index in [0.29, 0.717) is 24.9 Å². The van der Waals surface area contributed by atoms with Crippen molar-refractivity contribution in [1.29, 1.82) is 0 Å². The number of benzene rings is 2. The highest BCUT2D eigenvalue weighted by Crippen LogP contribution is 2.22. The Morgan fingerprint density at radius 2 is 1.59 bits per heavy atom. The van der Waals surface area contributed by atoms with Crippen molar-refractivity contribution in [2.75, 3.05) is 6.54 Å². The molecule has 0 bridgehead atoms. The molecule has 0 unspecified atom stereocenters. The van der Waals surface area contributed by atoms with E-state index in [1.165, 1.54) is 4.90 Å². The number of hydrogen-bond donors (Lipinski definition) is 4. The summed E-state index contributed by atoms with van der Waals surface area (Å²) in [4.78, 5) is 37.6. The fourth-order valence-corrected chi connectivity index (χ4v) is 3.75. The maximum Gasteiger partial charge on any atom is 0.248 e. The first kappa shape index (κ1) is 24.9. The molecule has 172 valence electrons. The maximum absolute atomic E-state index is 13.1. The standard InChI is InChI=1S/C24H32N4O4/c1-14-11-19(29)12-15(2)20(14)13-21(25)24(32)28(16(3)22(26)30)10-4-5-17-6-8-18(9-7-17)23(27)31/h6-9,11-12,16,21,29H,4-5,10,13,25H2,1-3H3,(H2,26,30)(H2,27,31)/t16-,21+/m1/s1. The van der Waals surface area contributed by atoms with Crippen molar-refractivity contribution in [3.63, 3.8) is 0 Å². The van der Waals surface area contributed by atoms with E-state index in [4.69, 9.17) is 17.2 Å². The highest BCUT2D eigenvalue weighted by molar-refractivity contribution is 5.92. The summed E-state index contributed by atoms with van der Waals surface area (Å²) in [7, 11) is 0. The third-order valence-electron chi connectivity index (χ3n) is 5.69. The SMILES string of the molecule is Cc1cc(O)cc(C)c1C[C@H](N)C(=O)N(CCCc1ccc(C(N)=O)cc1)[C@H](C)C(N)=O. The highest BCUT2D eigenvalue weighted by atomic mass is 16.3. The average Bonchev–Trinajstić information content (AvgIpc) is 2.73. The van der Waals surface area contributed by atoms with Crippen LogP contribution in [0.25, 0.3) is 0 Å². The second kappa shape index (κ2) is 10.8. The molecule has 0 saturated heterocycles. The van der Waals surface area contributed by atoms with Crippen molar-refractivity contribution in [1.82, 2.24) is 4.90 Å². The quantitative estimate of drug-likeness (QED) is 0.439. The molecule has 0 radical (unpaired) electrons. The van der Waals surface area contributed by atoms with Crippen molar-refractivity contribution in [3.05, 3.63) is 64.2 Å². The summed E-state index contributed by atoms with van der Waals surface area (Å²) >= 11 is 0. The second-order valence-corrected chi connectivity index (χ2v) is 8.14. The molecule has 32 heavy (non-hydrogen) atoms. The molecule has 7 N–H and O–H groups in total. The van der Waals surface area contributed by atoms with Crippen LogP contribution in [0.15, 0.2) is 36.4 Å². The minimum Gasteiger partial charge on any atom is -0.508 e. The van der Waals surface area contributed by atoms with Crippen LogP contribution in [0, 0.1) is 13.8 Å². The zero-order chi connectivity index (χ0) is 24.0. The molecule has 8 heteroatoms. The molecule has 0 saturated carbocycles. The summed E-state index contributed by atoms with van der Waals surface area (Å²) in [5.41, 5.74) is 21.0. The van der Waals surface area contributed by atoms with Crippen LogP contribution in [0.4, 0.5) is 0 Å². The number of primary amides is 2. The minimum atomic E-state index is -0.853. The summed E-state index contributed by atoms with van der Waals surface area (Å²) in [6, 6.07) is 8.55. The molecular weight excluding hydrogens is 408 g/mol. The molecular formula is C24H32N4O4. The van der Waals surface area contributed by atoms with Crippen molar-refractivity contribution < 1.29 is 19.5 Å². The second-order valence-electron chi connectivity index (χ2n) is 8.14. The van der Waals surface area contributed by atoms with E-state index in [1.807, 2.05) is 26.0 Å². The smallest absolute Gasteiger partial charge is 0.248 e. The van der Waals surface area contributed by atoms with Gasteiger partial charge in [-0.25, -0.2) is 0 Å². The van der Waals surface area contributed by atoms with Gasteiger partial charge in [0.2, 0.25) is 17.7 Å². The van der Waals surface area contributed by atoms with E-state index in [2.05, 4.69) is 0 Å². The topological polar surface area (TPSA) is 153 Å². The van der Waals surface area contributed by atoms with Gasteiger partial charge >= 0.3 is 0 Å². The van der Waals surface area contributed by atoms with Gasteiger partial charge in [0.05, 0.1) is 6.04 Å². The Balaban J connectivity index is 2.09. The number of amides is 3. The Labute approximate surface area is 188 Å². The number of phenols is 1. The lowest BCUT2D eigenvalue weighted by Gasteiger charge is -2.30. The Bertz CT molecular complexity index is 965. The summed E-state index contributed by atoms with van der Waals surface area (Å²) in [5, 5.41) is 9.74. The molecule has 0 aliphatic heterocycles. The van der Waals surface area contributed by atoms with Gasteiger partial charge in [-0.2, -0.15) is 0 Å². The molecule has 0 aliphatic rings. The van der Waals surface area contributed by atoms with Crippen LogP contribution in [-0.4, -0.2) is 46.4 Å². The number of carbonyl (C=O) groups is 3. The molecule has 0 spiro atoms. The third kappa shape index (κ3) is 6.31. The monoisotopic (exact) mass is 440 g/mol. The van der Waals surface area contributed by atoms with Crippen LogP contribution >= 0.6 is 0 Å². The molecule has 2 rings (SSSR count). The number of aryl methyl sites for hydroxylation is 3. The van der Waals surface area contributed by atoms with Crippen LogP contribution in [0.1, 0.15) is 46.0 Å². The van der Waals surface area contributed by atoms with Gasteiger partial charge in [-0.1, -0.05) is 12.1 Å². The molecule has 3 amide bonds. The van der Waals surface area contributed by atoms with Crippen molar-refractivity contribution in [3.8, 4) is 5.75 Å². The van der Waals surface area contributed by atoms with Crippen molar-refractivity contribution >= 4 is 17.7 Å². The Morgan fingerprint density at radius 1 is 1.03 bits per heavy atom. The Morgan fingerprint density at radius 3 is 2.09 bits per heavy atom. The first-order chi connectivity index (χ1) is 15.0. The van der Waals surface area contributed by atoms with Crippen LogP contribution in [0.3, 0.4) is 0 Å². The van der Waals surface area contributed by atoms with Crippen LogP contribution in [0.2, 0.25) is 0 Å². The van der Waals surface area contributed by atoms with Crippen LogP contribution in [0.5, 0.6) is 5.75 Å². The largest absolute Gasteiger partial charge is 0.508 e. The normalized spacial score (nSPS) is 12.8. The van der Waals surface area contributed by atoms with Gasteiger partial charge < -0.3 is 27.2 Å². The number of nitrogens with two attached hydrogens (primary N) is 3. The molecule has 0 fully saturated rings. The van der Waals surface area contributed by atoms with Gasteiger partial charge in [-0.05, 0) is 86.6 Å². The number of phenolic OH excluding ortho intramolecular Hbond substituents is 1. The summed E-state index contributed by atoms with van der Waals surface area (Å²) in [6.07, 6.45) is 1.51. The summed E-state index contributed by atoms with van der Waals surface area (Å²) in [5.74, 6) is -1.28. The molecule has 0 heterocycles. The number of aromatic hydroxyl groups is 1. The fraction of sp³-hybridized carbons (Fsp3) is 0.375. The van der Waals surface area contributed by atoms with E-state index in [0.717, 1.165) is 22.3 Å². The number of hydrogen-bond acceptors (Lipinski definition) is 5. The lowest BCUT2D eigenvalue weighted by molar-refractivity contribution is -0.139. The van der Waals surface area contributed by atoms with E-state index >= 15 is 0 Å². The lowest BCUT2D eigenvalue weighted by atomic mass is 9.95. The van der Waals surface area contributed by atoms with Gasteiger partial charge in [0.15, 0.2) is 0 Å². The summed E-state index contributed by atoms with van der Waals surface area (Å²) in [6.45, 7) is 5.60. The number of carbonyl (C=O) groups excluding carboxylic acids is 3. The molecule has 2 atom stereocenters. The Hall–Kier alpha value is -3.39. The van der Waals surface area contributed by atoms with E-state index in [9.17, 15) is 19.5 Å². The van der Waals surface area contributed by atoms with E-state index < -0.39 is 23.9 Å². The van der Waals surface area contributed by atoms with Gasteiger partial charge in [-0.15, -0.1) is 0 Å². The molecule has 2 aromatic carbocycles. The van der Waals surface area contributed by atoms with E-state index in [-0.39, 0.29) is 18.1 Å². The average molecular weight is 441 g/mol. The lowest BCUT2D eigenvalue weighted by Crippen LogP contribution is -2.53. The molecule has 0 aliphatic carbocycles. The first-order valence-corrected chi connectivity index (χ1v) is 10.5.